The molecule has 0 fully saturated rings. The molecule has 8 aromatic carbocycles. The lowest BCUT2D eigenvalue weighted by Crippen LogP contribution is -2.32. The zero-order chi connectivity index (χ0) is 36.5. The molecule has 2 heterocycles. The second kappa shape index (κ2) is 12.1. The maximum Gasteiger partial charge on any atom is 0.164 e. The number of nitrogens with two attached hydrogens (primary N) is 1. The first-order valence-corrected chi connectivity index (χ1v) is 18.6. The Kier molecular flexibility index (Phi) is 6.89. The summed E-state index contributed by atoms with van der Waals surface area (Å²) in [5.41, 5.74) is 20.1. The van der Waals surface area contributed by atoms with Crippen LogP contribution in [0.15, 0.2) is 188 Å². The molecule has 0 amide bonds. The lowest BCUT2D eigenvalue weighted by Gasteiger charge is -2.40. The van der Waals surface area contributed by atoms with Gasteiger partial charge in [-0.1, -0.05) is 164 Å². The van der Waals surface area contributed by atoms with Crippen molar-refractivity contribution in [2.45, 2.75) is 5.41 Å². The summed E-state index contributed by atoms with van der Waals surface area (Å²) in [5.74, 6) is 2.11. The van der Waals surface area contributed by atoms with Crippen LogP contribution >= 0.6 is 0 Å². The molecule has 11 rings (SSSR count). The molecule has 1 aliphatic heterocycles. The van der Waals surface area contributed by atoms with Crippen molar-refractivity contribution in [1.29, 1.82) is 0 Å². The van der Waals surface area contributed by atoms with Crippen LogP contribution in [0.4, 0.5) is 5.69 Å². The molecule has 258 valence electrons. The topological polar surface area (TPSA) is 61.0 Å². The number of para-hydroxylation sites is 3. The number of nitrogens with zero attached hydrogens (tertiary/aromatic N) is 2. The van der Waals surface area contributed by atoms with E-state index in [2.05, 4.69) is 152 Å². The Bertz CT molecular complexity index is 2940. The van der Waals surface area contributed by atoms with Gasteiger partial charge in [0.1, 0.15) is 11.5 Å². The summed E-state index contributed by atoms with van der Waals surface area (Å²) in [6.45, 7) is 0. The van der Waals surface area contributed by atoms with Crippen molar-refractivity contribution in [3.05, 3.63) is 210 Å². The Morgan fingerprint density at radius 2 is 0.909 bits per heavy atom. The monoisotopic (exact) mass is 703 g/mol. The summed E-state index contributed by atoms with van der Waals surface area (Å²) in [6, 6.07) is 65.9. The lowest BCUT2D eigenvalue weighted by molar-refractivity contribution is 0.439. The number of benzene rings is 8. The van der Waals surface area contributed by atoms with Gasteiger partial charge in [-0.25, -0.2) is 9.97 Å². The fourth-order valence-electron chi connectivity index (χ4n) is 8.90. The van der Waals surface area contributed by atoms with Crippen molar-refractivity contribution >= 4 is 16.5 Å². The van der Waals surface area contributed by atoms with Crippen LogP contribution in [0.1, 0.15) is 22.3 Å². The third-order valence-corrected chi connectivity index (χ3v) is 11.3. The van der Waals surface area contributed by atoms with Gasteiger partial charge < -0.3 is 10.5 Å². The van der Waals surface area contributed by atoms with Gasteiger partial charge >= 0.3 is 0 Å². The predicted octanol–water partition coefficient (Wildman–Crippen LogP) is 12.3. The van der Waals surface area contributed by atoms with E-state index in [-0.39, 0.29) is 0 Å². The molecule has 0 atom stereocenters. The van der Waals surface area contributed by atoms with E-state index in [1.807, 2.05) is 36.4 Å². The second-order valence-electron chi connectivity index (χ2n) is 14.3. The summed E-state index contributed by atoms with van der Waals surface area (Å²) >= 11 is 0. The zero-order valence-electron chi connectivity index (χ0n) is 29.8. The van der Waals surface area contributed by atoms with Crippen LogP contribution in [0.2, 0.25) is 0 Å². The first kappa shape index (κ1) is 31.2. The van der Waals surface area contributed by atoms with Crippen molar-refractivity contribution in [3.63, 3.8) is 0 Å². The van der Waals surface area contributed by atoms with Crippen LogP contribution in [-0.2, 0) is 5.41 Å². The van der Waals surface area contributed by atoms with E-state index in [1.54, 1.807) is 0 Å². The van der Waals surface area contributed by atoms with Crippen LogP contribution in [0.3, 0.4) is 0 Å². The second-order valence-corrected chi connectivity index (χ2v) is 14.3. The summed E-state index contributed by atoms with van der Waals surface area (Å²) in [6.07, 6.45) is 0. The van der Waals surface area contributed by atoms with Gasteiger partial charge in [0.25, 0.3) is 0 Å². The SMILES string of the molecule is Nc1ccccc1-c1cccc2c1Oc1c(-c3nc(-c4ccccc4)cc(-c4ccc5ccccc5c4)n3)cccc1C21c2ccccc2-c2ccccc21. The fraction of sp³-hybridized carbons (Fsp3) is 0.0196. The van der Waals surface area contributed by atoms with Gasteiger partial charge in [-0.2, -0.15) is 0 Å². The predicted molar refractivity (Wildman–Crippen MR) is 223 cm³/mol. The van der Waals surface area contributed by atoms with Gasteiger partial charge in [0, 0.05) is 39.1 Å². The fourth-order valence-corrected chi connectivity index (χ4v) is 8.90. The lowest BCUT2D eigenvalue weighted by atomic mass is 9.65. The highest BCUT2D eigenvalue weighted by atomic mass is 16.5. The molecule has 9 aromatic rings. The maximum atomic E-state index is 7.33. The molecule has 0 saturated heterocycles. The molecule has 1 spiro atoms. The smallest absolute Gasteiger partial charge is 0.164 e. The molecular formula is C51H33N3O. The van der Waals surface area contributed by atoms with E-state index < -0.39 is 5.41 Å². The molecule has 4 heteroatoms. The number of rotatable bonds is 4. The Labute approximate surface area is 319 Å². The maximum absolute atomic E-state index is 7.33. The minimum Gasteiger partial charge on any atom is -0.455 e. The first-order valence-electron chi connectivity index (χ1n) is 18.6. The average Bonchev–Trinajstić information content (AvgIpc) is 3.54. The van der Waals surface area contributed by atoms with Crippen molar-refractivity contribution in [1.82, 2.24) is 9.97 Å². The molecular weight excluding hydrogens is 671 g/mol. The standard InChI is InChI=1S/C51H33N3O/c52-45-27-11-8-20-38(45)39-21-12-25-43-48(39)55-49-40(22-13-26-44(49)51(43)41-23-9-6-18-36(41)37-19-7-10-24-42(37)51)50-53-46(33-15-2-1-3-16-33)31-47(54-50)35-29-28-32-14-4-5-17-34(32)30-35/h1-31H,52H2. The summed E-state index contributed by atoms with van der Waals surface area (Å²) < 4.78 is 7.33. The average molecular weight is 704 g/mol. The van der Waals surface area contributed by atoms with E-state index >= 15 is 0 Å². The van der Waals surface area contributed by atoms with Crippen molar-refractivity contribution in [3.8, 4) is 67.7 Å². The zero-order valence-corrected chi connectivity index (χ0v) is 29.8. The number of hydrogen-bond donors (Lipinski definition) is 1. The molecule has 2 aliphatic rings. The third-order valence-electron chi connectivity index (χ3n) is 11.3. The first-order chi connectivity index (χ1) is 27.2. The molecule has 1 aliphatic carbocycles. The quantitative estimate of drug-likeness (QED) is 0.185. The minimum atomic E-state index is -0.677. The van der Waals surface area contributed by atoms with Gasteiger partial charge in [0.15, 0.2) is 5.82 Å². The van der Waals surface area contributed by atoms with Crippen molar-refractivity contribution in [2.24, 2.45) is 0 Å². The van der Waals surface area contributed by atoms with Crippen LogP contribution in [0, 0.1) is 0 Å². The van der Waals surface area contributed by atoms with E-state index in [9.17, 15) is 0 Å². The normalized spacial score (nSPS) is 13.1. The minimum absolute atomic E-state index is 0.594. The molecule has 2 N–H and O–H groups in total. The van der Waals surface area contributed by atoms with Crippen LogP contribution in [0.25, 0.3) is 66.9 Å². The third kappa shape index (κ3) is 4.65. The van der Waals surface area contributed by atoms with Gasteiger partial charge in [0.05, 0.1) is 22.4 Å². The van der Waals surface area contributed by atoms with Crippen molar-refractivity contribution < 1.29 is 4.74 Å². The number of aromatic nitrogens is 2. The highest BCUT2D eigenvalue weighted by Gasteiger charge is 2.52. The highest BCUT2D eigenvalue weighted by Crippen LogP contribution is 2.64. The summed E-state index contributed by atoms with van der Waals surface area (Å²) in [4.78, 5) is 10.7. The number of hydrogen-bond acceptors (Lipinski definition) is 4. The molecule has 0 saturated carbocycles. The number of anilines is 1. The van der Waals surface area contributed by atoms with E-state index in [4.69, 9.17) is 20.4 Å². The molecule has 1 aromatic heterocycles. The van der Waals surface area contributed by atoms with Crippen molar-refractivity contribution in [2.75, 3.05) is 5.73 Å². The van der Waals surface area contributed by atoms with Crippen LogP contribution < -0.4 is 10.5 Å². The Balaban J connectivity index is 1.22. The molecule has 0 unspecified atom stereocenters. The Hall–Kier alpha value is -7.30. The highest BCUT2D eigenvalue weighted by molar-refractivity contribution is 5.93. The van der Waals surface area contributed by atoms with Gasteiger partial charge in [-0.05, 0) is 57.3 Å². The summed E-state index contributed by atoms with van der Waals surface area (Å²) in [7, 11) is 0. The van der Waals surface area contributed by atoms with Crippen LogP contribution in [0.5, 0.6) is 11.5 Å². The van der Waals surface area contributed by atoms with Crippen LogP contribution in [-0.4, -0.2) is 9.97 Å². The summed E-state index contributed by atoms with van der Waals surface area (Å²) in [5, 5.41) is 2.34. The molecule has 55 heavy (non-hydrogen) atoms. The van der Waals surface area contributed by atoms with E-state index in [0.717, 1.165) is 67.2 Å². The molecule has 0 bridgehead atoms. The number of ether oxygens (including phenoxy) is 1. The van der Waals surface area contributed by atoms with E-state index in [1.165, 1.54) is 27.6 Å². The molecule has 0 radical (unpaired) electrons. The van der Waals surface area contributed by atoms with Gasteiger partial charge in [-0.3, -0.25) is 0 Å². The van der Waals surface area contributed by atoms with E-state index in [0.29, 0.717) is 11.5 Å². The molecule has 4 nitrogen and oxygen atoms in total. The number of nitrogen functional groups attached to an aromatic ring is 1. The Morgan fingerprint density at radius 3 is 1.62 bits per heavy atom. The largest absolute Gasteiger partial charge is 0.455 e. The number of fused-ring (bicyclic) bond motifs is 10. The van der Waals surface area contributed by atoms with Gasteiger partial charge in [-0.15, -0.1) is 0 Å². The van der Waals surface area contributed by atoms with Gasteiger partial charge in [0.2, 0.25) is 0 Å². The Morgan fingerprint density at radius 1 is 0.382 bits per heavy atom.